The minimum Gasteiger partial charge on any atom is -0.507 e. The third kappa shape index (κ3) is 4.32. The van der Waals surface area contributed by atoms with E-state index in [4.69, 9.17) is 17.0 Å². The van der Waals surface area contributed by atoms with Crippen LogP contribution in [0.15, 0.2) is 12.1 Å². The highest BCUT2D eigenvalue weighted by atomic mass is 32.1. The second-order valence-electron chi connectivity index (χ2n) is 7.66. The number of H-pyrrole nitrogens is 1. The lowest BCUT2D eigenvalue weighted by Gasteiger charge is -2.28. The van der Waals surface area contributed by atoms with Crippen LogP contribution in [0.2, 0.25) is 0 Å². The van der Waals surface area contributed by atoms with Gasteiger partial charge >= 0.3 is 0 Å². The number of hydrogen-bond donors (Lipinski definition) is 2. The van der Waals surface area contributed by atoms with Crippen LogP contribution in [-0.2, 0) is 17.4 Å². The molecule has 1 aromatic carbocycles. The molecule has 126 valence electrons. The van der Waals surface area contributed by atoms with E-state index in [1.54, 1.807) is 0 Å². The van der Waals surface area contributed by atoms with Gasteiger partial charge in [-0.05, 0) is 35.2 Å². The zero-order valence-electron chi connectivity index (χ0n) is 14.5. The molecular formula is C17H24N2O2S2. The molecule has 2 aromatic rings. The first-order valence-electron chi connectivity index (χ1n) is 7.53. The molecule has 0 atom stereocenters. The van der Waals surface area contributed by atoms with Crippen molar-refractivity contribution in [1.29, 1.82) is 0 Å². The summed E-state index contributed by atoms with van der Waals surface area (Å²) in [5, 5.41) is 18.3. The molecule has 0 amide bonds. The van der Waals surface area contributed by atoms with E-state index in [9.17, 15) is 5.11 Å². The number of ether oxygens (including phenoxy) is 1. The zero-order chi connectivity index (χ0) is 17.4. The monoisotopic (exact) mass is 352 g/mol. The summed E-state index contributed by atoms with van der Waals surface area (Å²) in [4.78, 5) is 0. The number of nitrogens with zero attached hydrogens (tertiary/aromatic N) is 1. The molecule has 1 aromatic heterocycles. The quantitative estimate of drug-likeness (QED) is 0.756. The molecule has 0 saturated heterocycles. The van der Waals surface area contributed by atoms with Crippen LogP contribution in [0, 0.1) is 3.95 Å². The summed E-state index contributed by atoms with van der Waals surface area (Å²) in [5.41, 5.74) is 1.42. The van der Waals surface area contributed by atoms with Crippen LogP contribution in [0.4, 0.5) is 0 Å². The van der Waals surface area contributed by atoms with Gasteiger partial charge in [-0.3, -0.25) is 5.10 Å². The molecule has 2 rings (SSSR count). The fourth-order valence-electron chi connectivity index (χ4n) is 2.30. The van der Waals surface area contributed by atoms with Gasteiger partial charge < -0.3 is 9.84 Å². The summed E-state index contributed by atoms with van der Waals surface area (Å²) in [6.07, 6.45) is 0. The number of rotatable bonds is 3. The Morgan fingerprint density at radius 2 is 1.65 bits per heavy atom. The molecule has 0 aliphatic heterocycles. The average Bonchev–Trinajstić information content (AvgIpc) is 2.80. The van der Waals surface area contributed by atoms with Crippen LogP contribution >= 0.6 is 23.6 Å². The zero-order valence-corrected chi connectivity index (χ0v) is 16.1. The second-order valence-corrected chi connectivity index (χ2v) is 9.41. The first kappa shape index (κ1) is 17.9. The summed E-state index contributed by atoms with van der Waals surface area (Å²) >= 11 is 6.44. The summed E-state index contributed by atoms with van der Waals surface area (Å²) < 4.78 is 6.54. The third-order valence-electron chi connectivity index (χ3n) is 3.54. The van der Waals surface area contributed by atoms with Gasteiger partial charge in [0, 0.05) is 11.1 Å². The predicted molar refractivity (Wildman–Crippen MR) is 97.1 cm³/mol. The Bertz CT molecular complexity index is 714. The van der Waals surface area contributed by atoms with Gasteiger partial charge in [0.15, 0.2) is 8.96 Å². The van der Waals surface area contributed by atoms with Gasteiger partial charge in [-0.25, -0.2) is 0 Å². The van der Waals surface area contributed by atoms with Crippen LogP contribution in [0.3, 0.4) is 0 Å². The maximum Gasteiger partial charge on any atom is 0.176 e. The fourth-order valence-corrected chi connectivity index (χ4v) is 3.15. The highest BCUT2D eigenvalue weighted by Gasteiger charge is 2.27. The normalized spacial score (nSPS) is 12.4. The Labute approximate surface area is 146 Å². The number of benzene rings is 1. The van der Waals surface area contributed by atoms with Crippen molar-refractivity contribution in [3.8, 4) is 11.5 Å². The molecule has 0 aliphatic carbocycles. The number of phenols is 1. The maximum absolute atomic E-state index is 10.7. The number of hydrogen-bond acceptors (Lipinski definition) is 5. The molecule has 0 fully saturated rings. The number of phenolic OH excluding ortho intramolecular Hbond substituents is 1. The van der Waals surface area contributed by atoms with E-state index in [-0.39, 0.29) is 10.8 Å². The molecule has 0 saturated carbocycles. The van der Waals surface area contributed by atoms with Gasteiger partial charge in [-0.1, -0.05) is 52.9 Å². The van der Waals surface area contributed by atoms with E-state index in [2.05, 4.69) is 51.7 Å². The summed E-state index contributed by atoms with van der Waals surface area (Å²) in [6, 6.07) is 3.83. The van der Waals surface area contributed by atoms with E-state index >= 15 is 0 Å². The number of nitrogens with one attached hydrogen (secondary N) is 1. The van der Waals surface area contributed by atoms with E-state index in [0.29, 0.717) is 16.3 Å². The van der Waals surface area contributed by atoms with E-state index in [0.717, 1.165) is 21.9 Å². The van der Waals surface area contributed by atoms with Crippen molar-refractivity contribution in [1.82, 2.24) is 10.2 Å². The molecule has 0 bridgehead atoms. The molecule has 23 heavy (non-hydrogen) atoms. The molecule has 0 radical (unpaired) electrons. The molecule has 6 heteroatoms. The Morgan fingerprint density at radius 1 is 1.13 bits per heavy atom. The molecule has 1 heterocycles. The van der Waals surface area contributed by atoms with Crippen molar-refractivity contribution in [2.75, 3.05) is 0 Å². The molecule has 4 nitrogen and oxygen atoms in total. The summed E-state index contributed by atoms with van der Waals surface area (Å²) in [7, 11) is 0. The van der Waals surface area contributed by atoms with Gasteiger partial charge in [0.05, 0.1) is 0 Å². The van der Waals surface area contributed by atoms with Crippen LogP contribution in [0.1, 0.15) is 57.7 Å². The van der Waals surface area contributed by atoms with Gasteiger partial charge in [-0.15, -0.1) is 0 Å². The standard InChI is InChI=1S/C17H24N2O2S2/c1-16(2,3)11-7-10(8-12(14(11)20)17(4,5)6)21-9-13-18-19-15(22)23-13/h7-8,20H,9H2,1-6H3,(H,19,22). The van der Waals surface area contributed by atoms with Crippen LogP contribution < -0.4 is 4.74 Å². The molecule has 2 N–H and O–H groups in total. The van der Waals surface area contributed by atoms with Crippen LogP contribution in [-0.4, -0.2) is 15.3 Å². The lowest BCUT2D eigenvalue weighted by atomic mass is 9.79. The Morgan fingerprint density at radius 3 is 2.04 bits per heavy atom. The van der Waals surface area contributed by atoms with Crippen LogP contribution in [0.25, 0.3) is 0 Å². The van der Waals surface area contributed by atoms with Crippen molar-refractivity contribution in [2.24, 2.45) is 0 Å². The fraction of sp³-hybridized carbons (Fsp3) is 0.529. The van der Waals surface area contributed by atoms with E-state index in [1.807, 2.05) is 12.1 Å². The SMILES string of the molecule is CC(C)(C)c1cc(OCc2n[nH]c(=S)s2)cc(C(C)(C)C)c1O. The second kappa shape index (κ2) is 6.24. The average molecular weight is 353 g/mol. The van der Waals surface area contributed by atoms with Gasteiger partial charge in [0.2, 0.25) is 0 Å². The van der Waals surface area contributed by atoms with Crippen molar-refractivity contribution < 1.29 is 9.84 Å². The Kier molecular flexibility index (Phi) is 4.87. The molecule has 0 aliphatic rings. The predicted octanol–water partition coefficient (Wildman–Crippen LogP) is 5.08. The third-order valence-corrected chi connectivity index (χ3v) is 4.61. The minimum absolute atomic E-state index is 0.174. The lowest BCUT2D eigenvalue weighted by molar-refractivity contribution is 0.301. The Balaban J connectivity index is 2.41. The van der Waals surface area contributed by atoms with Crippen LogP contribution in [0.5, 0.6) is 11.5 Å². The van der Waals surface area contributed by atoms with E-state index in [1.165, 1.54) is 11.3 Å². The van der Waals surface area contributed by atoms with Crippen molar-refractivity contribution in [3.63, 3.8) is 0 Å². The molecular weight excluding hydrogens is 328 g/mol. The number of aromatic amines is 1. The minimum atomic E-state index is -0.174. The molecule has 0 unspecified atom stereocenters. The summed E-state index contributed by atoms with van der Waals surface area (Å²) in [5.74, 6) is 1.09. The lowest BCUT2D eigenvalue weighted by Crippen LogP contribution is -2.17. The highest BCUT2D eigenvalue weighted by Crippen LogP contribution is 2.41. The number of aromatic nitrogens is 2. The van der Waals surface area contributed by atoms with E-state index < -0.39 is 0 Å². The van der Waals surface area contributed by atoms with Crippen molar-refractivity contribution in [3.05, 3.63) is 32.2 Å². The van der Waals surface area contributed by atoms with Gasteiger partial charge in [-0.2, -0.15) is 5.10 Å². The van der Waals surface area contributed by atoms with Crippen molar-refractivity contribution in [2.45, 2.75) is 59.0 Å². The largest absolute Gasteiger partial charge is 0.507 e. The van der Waals surface area contributed by atoms with Gasteiger partial charge in [0.1, 0.15) is 18.1 Å². The Hall–Kier alpha value is -1.40. The molecule has 0 spiro atoms. The number of aromatic hydroxyl groups is 1. The highest BCUT2D eigenvalue weighted by molar-refractivity contribution is 7.73. The maximum atomic E-state index is 10.7. The topological polar surface area (TPSA) is 58.1 Å². The first-order chi connectivity index (χ1) is 10.5. The first-order valence-corrected chi connectivity index (χ1v) is 8.76. The van der Waals surface area contributed by atoms with Crippen molar-refractivity contribution >= 4 is 23.6 Å². The summed E-state index contributed by atoms with van der Waals surface area (Å²) in [6.45, 7) is 12.8. The smallest absolute Gasteiger partial charge is 0.176 e. The van der Waals surface area contributed by atoms with Gasteiger partial charge in [0.25, 0.3) is 0 Å².